The number of carbonyl (C=O) groups is 4. The molecular formula is C48H71NO12. The number of rotatable bonds is 7. The molecule has 14 unspecified atom stereocenters. The van der Waals surface area contributed by atoms with Crippen molar-refractivity contribution in [2.45, 2.75) is 167 Å². The fourth-order valence-electron chi connectivity index (χ4n) is 9.96. The molecule has 1 aromatic rings. The lowest BCUT2D eigenvalue weighted by molar-refractivity contribution is -0.302. The number of aliphatic hydroxyl groups excluding tert-OH is 2. The molecule has 3 N–H and O–H groups in total. The number of esters is 1. The number of benzene rings is 1. The van der Waals surface area contributed by atoms with Crippen molar-refractivity contribution in [1.29, 1.82) is 0 Å². The number of aliphatic hydroxyl groups is 3. The Morgan fingerprint density at radius 3 is 2.25 bits per heavy atom. The average Bonchev–Trinajstić information content (AvgIpc) is 3.24. The molecule has 0 aromatic heterocycles. The molecule has 13 nitrogen and oxygen atoms in total. The molecule has 2 bridgehead atoms. The van der Waals surface area contributed by atoms with E-state index >= 15 is 0 Å². The Morgan fingerprint density at radius 2 is 1.59 bits per heavy atom. The molecule has 340 valence electrons. The van der Waals surface area contributed by atoms with Crippen LogP contribution in [0.25, 0.3) is 0 Å². The summed E-state index contributed by atoms with van der Waals surface area (Å²) < 4.78 is 30.4. The molecule has 1 aliphatic carbocycles. The van der Waals surface area contributed by atoms with E-state index in [9.17, 15) is 34.5 Å². The Hall–Kier alpha value is -3.46. The predicted octanol–water partition coefficient (Wildman–Crippen LogP) is 5.91. The van der Waals surface area contributed by atoms with E-state index in [0.717, 1.165) is 5.57 Å². The fraction of sp³-hybridized carbons (Fsp3) is 0.708. The first-order valence-corrected chi connectivity index (χ1v) is 22.5. The molecule has 0 radical (unpaired) electrons. The second-order valence-electron chi connectivity index (χ2n) is 18.4. The van der Waals surface area contributed by atoms with Crippen molar-refractivity contribution in [3.63, 3.8) is 0 Å². The average molecular weight is 854 g/mol. The minimum Gasteiger partial charge on any atom is -0.488 e. The van der Waals surface area contributed by atoms with Crippen LogP contribution in [0, 0.1) is 29.6 Å². The van der Waals surface area contributed by atoms with Crippen molar-refractivity contribution in [3.05, 3.63) is 53.6 Å². The van der Waals surface area contributed by atoms with Gasteiger partial charge in [-0.1, -0.05) is 63.6 Å². The van der Waals surface area contributed by atoms with Crippen LogP contribution in [0.5, 0.6) is 5.75 Å². The van der Waals surface area contributed by atoms with Crippen LogP contribution >= 0.6 is 0 Å². The van der Waals surface area contributed by atoms with E-state index in [1.165, 1.54) is 19.1 Å². The Morgan fingerprint density at radius 1 is 0.902 bits per heavy atom. The summed E-state index contributed by atoms with van der Waals surface area (Å²) in [6.07, 6.45) is 3.25. The number of cyclic esters (lactones) is 1. The van der Waals surface area contributed by atoms with Crippen molar-refractivity contribution >= 4 is 23.4 Å². The normalized spacial score (nSPS) is 39.0. The number of Topliss-reactive ketones (excluding diaryl/α,β-unsaturated/α-hetero) is 2. The third kappa shape index (κ3) is 11.8. The zero-order valence-corrected chi connectivity index (χ0v) is 37.5. The maximum atomic E-state index is 14.4. The number of hydrogen-bond acceptors (Lipinski definition) is 12. The first-order chi connectivity index (χ1) is 29.0. The quantitative estimate of drug-likeness (QED) is 0.168. The maximum Gasteiger partial charge on any atom is 0.329 e. The van der Waals surface area contributed by atoms with Crippen LogP contribution in [0.1, 0.15) is 112 Å². The molecular weight excluding hydrogens is 783 g/mol. The first-order valence-electron chi connectivity index (χ1n) is 22.5. The standard InChI is InChI=1S/C48H71NO12/c1-9-34-22-28(2)21-29(3)23-41(57-7)44-42(58-8)25-31(5)48(56,61-44)45(53)46(54)49-20-14-13-17-36(49)47(55)60-43(32(6)37(50)27-38(34)51)30(4)24-33-18-19-40(39(52)26-33)59-35-15-11-10-12-16-35/h10-12,15-16,22,24,29,31-34,36-37,39-44,50,52,56H,9,13-14,17-21,23,25-27H2,1-8H3/b28-22+,30-24?. The molecule has 0 spiro atoms. The zero-order chi connectivity index (χ0) is 44.6. The summed E-state index contributed by atoms with van der Waals surface area (Å²) in [6.45, 7) is 11.2. The third-order valence-electron chi connectivity index (χ3n) is 13.6. The van der Waals surface area contributed by atoms with E-state index in [1.54, 1.807) is 13.8 Å². The number of carbonyl (C=O) groups excluding carboxylic acids is 4. The monoisotopic (exact) mass is 853 g/mol. The maximum absolute atomic E-state index is 14.4. The minimum absolute atomic E-state index is 0.0275. The first kappa shape index (κ1) is 48.6. The summed E-state index contributed by atoms with van der Waals surface area (Å²) in [6, 6.07) is 8.21. The lowest BCUT2D eigenvalue weighted by atomic mass is 9.81. The van der Waals surface area contributed by atoms with E-state index < -0.39 is 83.9 Å². The highest BCUT2D eigenvalue weighted by atomic mass is 16.7. The summed E-state index contributed by atoms with van der Waals surface area (Å²) in [7, 11) is 3.06. The van der Waals surface area contributed by atoms with Gasteiger partial charge in [-0.15, -0.1) is 0 Å². The molecule has 1 saturated carbocycles. The predicted molar refractivity (Wildman–Crippen MR) is 228 cm³/mol. The van der Waals surface area contributed by atoms with E-state index in [4.69, 9.17) is 23.7 Å². The van der Waals surface area contributed by atoms with Crippen LogP contribution in [0.15, 0.2) is 53.6 Å². The smallest absolute Gasteiger partial charge is 0.329 e. The molecule has 1 aromatic carbocycles. The SMILES string of the molecule is CCC1/C=C(\C)CC(C)CC(OC)C2OC(O)(C(=O)C(=O)N3CCCCC3C(=O)OC(C(C)=CC3CCC(Oc4ccccc4)C(O)C3)C(C)C(O)CC1=O)C(C)CC2OC. The number of fused-ring (bicyclic) bond motifs is 3. The van der Waals surface area contributed by atoms with E-state index in [-0.39, 0.29) is 49.5 Å². The summed E-state index contributed by atoms with van der Waals surface area (Å²) in [5.74, 6) is -7.01. The number of allylic oxidation sites excluding steroid dienone is 3. The Kier molecular flexibility index (Phi) is 17.3. The van der Waals surface area contributed by atoms with Gasteiger partial charge in [-0.05, 0) is 108 Å². The number of ether oxygens (including phenoxy) is 5. The Bertz CT molecular complexity index is 1710. The molecule has 13 heteroatoms. The van der Waals surface area contributed by atoms with Crippen LogP contribution in [0.2, 0.25) is 0 Å². The van der Waals surface area contributed by atoms with Gasteiger partial charge in [0.25, 0.3) is 11.7 Å². The number of amides is 1. The van der Waals surface area contributed by atoms with Crippen LogP contribution < -0.4 is 4.74 Å². The van der Waals surface area contributed by atoms with Crippen LogP contribution in [0.4, 0.5) is 0 Å². The highest BCUT2D eigenvalue weighted by Gasteiger charge is 2.56. The Labute approximate surface area is 362 Å². The van der Waals surface area contributed by atoms with Crippen molar-refractivity contribution in [2.24, 2.45) is 29.6 Å². The van der Waals surface area contributed by atoms with Gasteiger partial charge in [-0.2, -0.15) is 0 Å². The summed E-state index contributed by atoms with van der Waals surface area (Å²) in [5.41, 5.74) is 1.63. The van der Waals surface area contributed by atoms with E-state index in [2.05, 4.69) is 6.92 Å². The van der Waals surface area contributed by atoms with Crippen molar-refractivity contribution in [1.82, 2.24) is 4.90 Å². The van der Waals surface area contributed by atoms with Crippen LogP contribution in [-0.2, 0) is 38.1 Å². The molecule has 2 saturated heterocycles. The molecule has 3 aliphatic heterocycles. The third-order valence-corrected chi connectivity index (χ3v) is 13.6. The van der Waals surface area contributed by atoms with Crippen LogP contribution in [-0.4, -0.2) is 119 Å². The van der Waals surface area contributed by atoms with E-state index in [0.29, 0.717) is 62.7 Å². The number of hydrogen-bond donors (Lipinski definition) is 3. The molecule has 1 amide bonds. The van der Waals surface area contributed by atoms with Gasteiger partial charge in [0.05, 0.1) is 24.4 Å². The van der Waals surface area contributed by atoms with Gasteiger partial charge in [0.1, 0.15) is 35.9 Å². The summed E-state index contributed by atoms with van der Waals surface area (Å²) in [4.78, 5) is 58.0. The Balaban J connectivity index is 1.48. The second-order valence-corrected chi connectivity index (χ2v) is 18.4. The van der Waals surface area contributed by atoms with E-state index in [1.807, 2.05) is 63.3 Å². The molecule has 5 rings (SSSR count). The van der Waals surface area contributed by atoms with Gasteiger partial charge in [-0.25, -0.2) is 4.79 Å². The highest BCUT2D eigenvalue weighted by molar-refractivity contribution is 6.39. The van der Waals surface area contributed by atoms with Gasteiger partial charge in [0.2, 0.25) is 5.79 Å². The number of piperidine rings is 1. The zero-order valence-electron chi connectivity index (χ0n) is 37.5. The van der Waals surface area contributed by atoms with Gasteiger partial charge >= 0.3 is 5.97 Å². The molecule has 4 aliphatic rings. The second kappa shape index (κ2) is 21.8. The number of methoxy groups -OCH3 is 2. The molecule has 3 fully saturated rings. The number of para-hydroxylation sites is 1. The lowest BCUT2D eigenvalue weighted by Crippen LogP contribution is -2.64. The molecule has 61 heavy (non-hydrogen) atoms. The summed E-state index contributed by atoms with van der Waals surface area (Å²) >= 11 is 0. The van der Waals surface area contributed by atoms with Gasteiger partial charge in [0.15, 0.2) is 0 Å². The van der Waals surface area contributed by atoms with Gasteiger partial charge in [-0.3, -0.25) is 14.4 Å². The molecule has 3 heterocycles. The topological polar surface area (TPSA) is 178 Å². The largest absolute Gasteiger partial charge is 0.488 e. The van der Waals surface area contributed by atoms with Crippen molar-refractivity contribution < 1.29 is 58.2 Å². The van der Waals surface area contributed by atoms with Crippen molar-refractivity contribution in [2.75, 3.05) is 20.8 Å². The highest BCUT2D eigenvalue weighted by Crippen LogP contribution is 2.39. The molecule has 14 atom stereocenters. The summed E-state index contributed by atoms with van der Waals surface area (Å²) in [5, 5.41) is 35.0. The van der Waals surface area contributed by atoms with Crippen LogP contribution in [0.3, 0.4) is 0 Å². The van der Waals surface area contributed by atoms with Crippen molar-refractivity contribution in [3.8, 4) is 5.75 Å². The number of nitrogens with zero attached hydrogens (tertiary/aromatic N) is 1. The lowest BCUT2D eigenvalue weighted by Gasteiger charge is -2.47. The van der Waals surface area contributed by atoms with Gasteiger partial charge < -0.3 is 43.9 Å². The minimum atomic E-state index is -2.51. The van der Waals surface area contributed by atoms with Gasteiger partial charge in [0, 0.05) is 44.9 Å². The fourth-order valence-corrected chi connectivity index (χ4v) is 9.96. The number of ketones is 2.